The van der Waals surface area contributed by atoms with E-state index in [4.69, 9.17) is 16.7 Å². The third kappa shape index (κ3) is 3.61. The molecule has 19 heavy (non-hydrogen) atoms. The quantitative estimate of drug-likeness (QED) is 0.794. The lowest BCUT2D eigenvalue weighted by atomic mass is 10.2. The first kappa shape index (κ1) is 13.7. The van der Waals surface area contributed by atoms with Crippen molar-refractivity contribution in [1.82, 2.24) is 5.32 Å². The summed E-state index contributed by atoms with van der Waals surface area (Å²) in [5.41, 5.74) is 0.372. The van der Waals surface area contributed by atoms with Gasteiger partial charge >= 0.3 is 12.0 Å². The van der Waals surface area contributed by atoms with Crippen LogP contribution in [0.4, 0.5) is 10.5 Å². The summed E-state index contributed by atoms with van der Waals surface area (Å²) in [5.74, 6) is -0.564. The third-order valence-electron chi connectivity index (χ3n) is 3.14. The van der Waals surface area contributed by atoms with Crippen molar-refractivity contribution in [3.05, 3.63) is 28.8 Å². The molecule has 2 amide bonds. The zero-order chi connectivity index (χ0) is 14.0. The zero-order valence-electron chi connectivity index (χ0n) is 10.4. The highest BCUT2D eigenvalue weighted by Crippen LogP contribution is 2.32. The molecule has 3 N–H and O–H groups in total. The van der Waals surface area contributed by atoms with Crippen molar-refractivity contribution in [2.45, 2.75) is 25.8 Å². The molecule has 102 valence electrons. The van der Waals surface area contributed by atoms with Gasteiger partial charge in [-0.3, -0.25) is 0 Å². The summed E-state index contributed by atoms with van der Waals surface area (Å²) in [6.45, 7) is 1.96. The highest BCUT2D eigenvalue weighted by Gasteiger charge is 2.28. The first-order valence-corrected chi connectivity index (χ1v) is 6.45. The maximum atomic E-state index is 11.7. The molecule has 2 rings (SSSR count). The summed E-state index contributed by atoms with van der Waals surface area (Å²) >= 11 is 5.75. The Labute approximate surface area is 116 Å². The summed E-state index contributed by atoms with van der Waals surface area (Å²) in [4.78, 5) is 22.6. The van der Waals surface area contributed by atoms with Gasteiger partial charge < -0.3 is 15.7 Å². The minimum absolute atomic E-state index is 0.0327. The van der Waals surface area contributed by atoms with E-state index in [0.29, 0.717) is 11.6 Å². The molecule has 1 aromatic rings. The fraction of sp³-hybridized carbons (Fsp3) is 0.385. The number of carboxylic acids is 1. The van der Waals surface area contributed by atoms with Crippen molar-refractivity contribution >= 4 is 29.3 Å². The van der Waals surface area contributed by atoms with Gasteiger partial charge in [-0.25, -0.2) is 9.59 Å². The molecule has 0 spiro atoms. The Hall–Kier alpha value is -1.75. The van der Waals surface area contributed by atoms with Crippen molar-refractivity contribution in [1.29, 1.82) is 0 Å². The topological polar surface area (TPSA) is 78.4 Å². The summed E-state index contributed by atoms with van der Waals surface area (Å²) in [5, 5.41) is 14.5. The molecule has 1 aliphatic rings. The van der Waals surface area contributed by atoms with Crippen LogP contribution in [0.25, 0.3) is 0 Å². The standard InChI is InChI=1S/C13H15ClN2O3/c1-7(8-2-3-8)15-13(19)16-9-4-5-11(14)10(6-9)12(17)18/h4-8H,2-3H2,1H3,(H,17,18)(H2,15,16,19). The molecule has 0 aromatic heterocycles. The summed E-state index contributed by atoms with van der Waals surface area (Å²) in [6, 6.07) is 4.15. The van der Waals surface area contributed by atoms with Gasteiger partial charge in [0.15, 0.2) is 0 Å². The van der Waals surface area contributed by atoms with E-state index >= 15 is 0 Å². The monoisotopic (exact) mass is 282 g/mol. The molecular weight excluding hydrogens is 268 g/mol. The van der Waals surface area contributed by atoms with Crippen molar-refractivity contribution in [3.63, 3.8) is 0 Å². The van der Waals surface area contributed by atoms with E-state index < -0.39 is 5.97 Å². The van der Waals surface area contributed by atoms with Crippen LogP contribution in [0.2, 0.25) is 5.02 Å². The van der Waals surface area contributed by atoms with Crippen LogP contribution in [0, 0.1) is 5.92 Å². The highest BCUT2D eigenvalue weighted by atomic mass is 35.5. The Kier molecular flexibility index (Phi) is 3.95. The maximum Gasteiger partial charge on any atom is 0.337 e. The molecule has 1 saturated carbocycles. The van der Waals surface area contributed by atoms with Crippen molar-refractivity contribution in [3.8, 4) is 0 Å². The molecule has 6 heteroatoms. The van der Waals surface area contributed by atoms with Gasteiger partial charge in [0.05, 0.1) is 10.6 Å². The van der Waals surface area contributed by atoms with Gasteiger partial charge in [0, 0.05) is 11.7 Å². The smallest absolute Gasteiger partial charge is 0.337 e. The molecule has 1 aliphatic carbocycles. The average molecular weight is 283 g/mol. The summed E-state index contributed by atoms with van der Waals surface area (Å²) in [7, 11) is 0. The molecule has 0 radical (unpaired) electrons. The Morgan fingerprint density at radius 2 is 2.11 bits per heavy atom. The number of rotatable bonds is 4. The molecule has 0 saturated heterocycles. The molecular formula is C13H15ClN2O3. The number of aromatic carboxylic acids is 1. The molecule has 1 atom stereocenters. The number of nitrogens with one attached hydrogen (secondary N) is 2. The van der Waals surface area contributed by atoms with Crippen LogP contribution < -0.4 is 10.6 Å². The fourth-order valence-corrected chi connectivity index (χ4v) is 2.05. The Morgan fingerprint density at radius 1 is 1.42 bits per heavy atom. The van der Waals surface area contributed by atoms with Gasteiger partial charge in [-0.05, 0) is 43.9 Å². The molecule has 0 heterocycles. The molecule has 5 nitrogen and oxygen atoms in total. The summed E-state index contributed by atoms with van der Waals surface area (Å²) in [6.07, 6.45) is 2.29. The largest absolute Gasteiger partial charge is 0.478 e. The van der Waals surface area contributed by atoms with E-state index in [2.05, 4.69) is 10.6 Å². The Balaban J connectivity index is 2.00. The number of hydrogen-bond donors (Lipinski definition) is 3. The number of halogens is 1. The van der Waals surface area contributed by atoms with Crippen LogP contribution in [-0.2, 0) is 0 Å². The average Bonchev–Trinajstić information content (AvgIpc) is 3.15. The number of amides is 2. The van der Waals surface area contributed by atoms with E-state index in [1.54, 1.807) is 6.07 Å². The van der Waals surface area contributed by atoms with Gasteiger partial charge in [-0.2, -0.15) is 0 Å². The number of urea groups is 1. The van der Waals surface area contributed by atoms with E-state index in [0.717, 1.165) is 12.8 Å². The lowest BCUT2D eigenvalue weighted by Gasteiger charge is -2.14. The van der Waals surface area contributed by atoms with Crippen LogP contribution in [0.3, 0.4) is 0 Å². The van der Waals surface area contributed by atoms with Crippen molar-refractivity contribution in [2.75, 3.05) is 5.32 Å². The number of hydrogen-bond acceptors (Lipinski definition) is 2. The van der Waals surface area contributed by atoms with Gasteiger partial charge in [0.1, 0.15) is 0 Å². The van der Waals surface area contributed by atoms with E-state index in [-0.39, 0.29) is 22.7 Å². The predicted molar refractivity (Wildman–Crippen MR) is 72.8 cm³/mol. The normalized spacial score (nSPS) is 15.7. The summed E-state index contributed by atoms with van der Waals surface area (Å²) < 4.78 is 0. The Morgan fingerprint density at radius 3 is 2.68 bits per heavy atom. The van der Waals surface area contributed by atoms with Crippen molar-refractivity contribution < 1.29 is 14.7 Å². The number of carbonyl (C=O) groups excluding carboxylic acids is 1. The van der Waals surface area contributed by atoms with Crippen LogP contribution in [0.5, 0.6) is 0 Å². The van der Waals surface area contributed by atoms with Gasteiger partial charge in [-0.15, -0.1) is 0 Å². The van der Waals surface area contributed by atoms with E-state index in [1.165, 1.54) is 12.1 Å². The number of carboxylic acid groups (broad SMARTS) is 1. The lowest BCUT2D eigenvalue weighted by molar-refractivity contribution is 0.0697. The molecule has 1 aromatic carbocycles. The second-order valence-electron chi connectivity index (χ2n) is 4.72. The number of carbonyl (C=O) groups is 2. The second kappa shape index (κ2) is 5.48. The number of benzene rings is 1. The molecule has 0 aliphatic heterocycles. The molecule has 1 fully saturated rings. The van der Waals surface area contributed by atoms with Crippen LogP contribution >= 0.6 is 11.6 Å². The SMILES string of the molecule is CC(NC(=O)Nc1ccc(Cl)c(C(=O)O)c1)C1CC1. The van der Waals surface area contributed by atoms with Gasteiger partial charge in [0.25, 0.3) is 0 Å². The van der Waals surface area contributed by atoms with Gasteiger partial charge in [-0.1, -0.05) is 11.6 Å². The van der Waals surface area contributed by atoms with E-state index in [1.807, 2.05) is 6.92 Å². The third-order valence-corrected chi connectivity index (χ3v) is 3.47. The lowest BCUT2D eigenvalue weighted by Crippen LogP contribution is -2.37. The first-order valence-electron chi connectivity index (χ1n) is 6.07. The van der Waals surface area contributed by atoms with Gasteiger partial charge in [0.2, 0.25) is 0 Å². The first-order chi connectivity index (χ1) is 8.97. The molecule has 0 bridgehead atoms. The van der Waals surface area contributed by atoms with Crippen LogP contribution in [-0.4, -0.2) is 23.1 Å². The van der Waals surface area contributed by atoms with Crippen LogP contribution in [0.1, 0.15) is 30.1 Å². The van der Waals surface area contributed by atoms with Crippen molar-refractivity contribution in [2.24, 2.45) is 5.92 Å². The minimum atomic E-state index is -1.12. The highest BCUT2D eigenvalue weighted by molar-refractivity contribution is 6.33. The fourth-order valence-electron chi connectivity index (χ4n) is 1.85. The zero-order valence-corrected chi connectivity index (χ0v) is 11.2. The molecule has 1 unspecified atom stereocenters. The maximum absolute atomic E-state index is 11.7. The number of anilines is 1. The van der Waals surface area contributed by atoms with Crippen LogP contribution in [0.15, 0.2) is 18.2 Å². The Bertz CT molecular complexity index is 515. The second-order valence-corrected chi connectivity index (χ2v) is 5.13. The van der Waals surface area contributed by atoms with E-state index in [9.17, 15) is 9.59 Å². The predicted octanol–water partition coefficient (Wildman–Crippen LogP) is 2.96. The minimum Gasteiger partial charge on any atom is -0.478 e.